The summed E-state index contributed by atoms with van der Waals surface area (Å²) in [6, 6.07) is 22.3. The minimum Gasteiger partial charge on any atom is -0.493 e. The number of esters is 1. The molecule has 3 aromatic carbocycles. The number of amides is 1. The van der Waals surface area contributed by atoms with Gasteiger partial charge < -0.3 is 18.8 Å². The normalized spacial score (nSPS) is 10.9. The molecule has 8 heteroatoms. The number of benzene rings is 3. The van der Waals surface area contributed by atoms with E-state index in [1.54, 1.807) is 37.6 Å². The molecule has 35 heavy (non-hydrogen) atoms. The van der Waals surface area contributed by atoms with Gasteiger partial charge >= 0.3 is 5.97 Å². The molecule has 0 saturated heterocycles. The zero-order valence-electron chi connectivity index (χ0n) is 19.4. The largest absolute Gasteiger partial charge is 0.493 e. The van der Waals surface area contributed by atoms with Crippen LogP contribution in [0.1, 0.15) is 21.5 Å². The summed E-state index contributed by atoms with van der Waals surface area (Å²) in [5, 5.41) is 5.09. The zero-order chi connectivity index (χ0) is 24.6. The molecule has 0 fully saturated rings. The Bertz CT molecular complexity index is 1380. The van der Waals surface area contributed by atoms with E-state index >= 15 is 0 Å². The zero-order valence-corrected chi connectivity index (χ0v) is 19.4. The minimum atomic E-state index is -0.393. The second kappa shape index (κ2) is 11.0. The third-order valence-electron chi connectivity index (χ3n) is 5.34. The molecule has 8 nitrogen and oxygen atoms in total. The molecule has 0 unspecified atom stereocenters. The maximum atomic E-state index is 12.2. The molecule has 1 N–H and O–H groups in total. The number of nitrogens with one attached hydrogen (secondary N) is 1. The van der Waals surface area contributed by atoms with Gasteiger partial charge in [-0.3, -0.25) is 4.79 Å². The van der Waals surface area contributed by atoms with Crippen LogP contribution in [0.2, 0.25) is 0 Å². The topological polar surface area (TPSA) is 91.2 Å². The summed E-state index contributed by atoms with van der Waals surface area (Å²) in [5.41, 5.74) is 5.80. The van der Waals surface area contributed by atoms with Gasteiger partial charge in [0.1, 0.15) is 0 Å². The summed E-state index contributed by atoms with van der Waals surface area (Å²) >= 11 is 0. The number of ether oxygens (including phenoxy) is 3. The number of hydrazone groups is 1. The highest BCUT2D eigenvalue weighted by atomic mass is 16.5. The molecule has 178 valence electrons. The van der Waals surface area contributed by atoms with Crippen LogP contribution in [-0.2, 0) is 16.1 Å². The molecule has 0 bridgehead atoms. The van der Waals surface area contributed by atoms with Crippen LogP contribution in [0.15, 0.2) is 84.1 Å². The predicted molar refractivity (Wildman–Crippen MR) is 133 cm³/mol. The van der Waals surface area contributed by atoms with E-state index in [0.717, 1.165) is 22.0 Å². The summed E-state index contributed by atoms with van der Waals surface area (Å²) < 4.78 is 17.6. The molecule has 0 radical (unpaired) electrons. The summed E-state index contributed by atoms with van der Waals surface area (Å²) in [6.07, 6.45) is 3.56. The van der Waals surface area contributed by atoms with Gasteiger partial charge in [0.2, 0.25) is 0 Å². The quantitative estimate of drug-likeness (QED) is 0.226. The van der Waals surface area contributed by atoms with E-state index in [4.69, 9.17) is 14.2 Å². The third kappa shape index (κ3) is 5.67. The standard InChI is InChI=1S/C27H25N3O5/c1-33-24-12-5-6-13-25(24)35-18-26(31)29-28-15-21-17-30(23-11-4-3-10-22(21)23)16-19-8-7-9-20(14-19)27(32)34-2/h3-15,17H,16,18H2,1-2H3,(H,29,31). The van der Waals surface area contributed by atoms with Crippen LogP contribution in [0, 0.1) is 0 Å². The second-order valence-electron chi connectivity index (χ2n) is 7.65. The van der Waals surface area contributed by atoms with Crippen LogP contribution in [0.25, 0.3) is 10.9 Å². The number of aromatic nitrogens is 1. The lowest BCUT2D eigenvalue weighted by Gasteiger charge is -2.09. The molecule has 0 saturated carbocycles. The molecule has 0 atom stereocenters. The Kier molecular flexibility index (Phi) is 7.42. The number of hydrogen-bond donors (Lipinski definition) is 1. The molecule has 1 heterocycles. The first kappa shape index (κ1) is 23.6. The first-order chi connectivity index (χ1) is 17.1. The van der Waals surface area contributed by atoms with E-state index in [-0.39, 0.29) is 12.6 Å². The number of methoxy groups -OCH3 is 2. The fourth-order valence-corrected chi connectivity index (χ4v) is 3.71. The predicted octanol–water partition coefficient (Wildman–Crippen LogP) is 4.01. The van der Waals surface area contributed by atoms with Crippen LogP contribution in [0.4, 0.5) is 0 Å². The van der Waals surface area contributed by atoms with Crippen molar-refractivity contribution in [3.05, 3.63) is 95.7 Å². The lowest BCUT2D eigenvalue weighted by Crippen LogP contribution is -2.24. The van der Waals surface area contributed by atoms with Gasteiger partial charge in [-0.1, -0.05) is 42.5 Å². The Morgan fingerprint density at radius 2 is 1.74 bits per heavy atom. The molecule has 0 aliphatic rings. The minimum absolute atomic E-state index is 0.198. The van der Waals surface area contributed by atoms with Crippen molar-refractivity contribution in [2.24, 2.45) is 5.10 Å². The Morgan fingerprint density at radius 3 is 2.54 bits per heavy atom. The summed E-state index contributed by atoms with van der Waals surface area (Å²) in [4.78, 5) is 24.1. The van der Waals surface area contributed by atoms with Gasteiger partial charge in [0.15, 0.2) is 18.1 Å². The molecule has 1 aromatic heterocycles. The van der Waals surface area contributed by atoms with E-state index in [2.05, 4.69) is 15.1 Å². The van der Waals surface area contributed by atoms with E-state index in [1.807, 2.05) is 54.7 Å². The Balaban J connectivity index is 1.45. The van der Waals surface area contributed by atoms with Gasteiger partial charge in [0.25, 0.3) is 5.91 Å². The first-order valence-corrected chi connectivity index (χ1v) is 10.9. The van der Waals surface area contributed by atoms with Crippen LogP contribution in [0.5, 0.6) is 11.5 Å². The third-order valence-corrected chi connectivity index (χ3v) is 5.34. The average Bonchev–Trinajstić information content (AvgIpc) is 3.24. The van der Waals surface area contributed by atoms with Gasteiger partial charge in [-0.2, -0.15) is 5.10 Å². The Morgan fingerprint density at radius 1 is 0.971 bits per heavy atom. The van der Waals surface area contributed by atoms with Crippen LogP contribution in [-0.4, -0.2) is 43.5 Å². The average molecular weight is 472 g/mol. The molecule has 4 aromatic rings. The van der Waals surface area contributed by atoms with Crippen molar-refractivity contribution < 1.29 is 23.8 Å². The first-order valence-electron chi connectivity index (χ1n) is 10.9. The molecule has 4 rings (SSSR count). The van der Waals surface area contributed by atoms with E-state index in [9.17, 15) is 9.59 Å². The van der Waals surface area contributed by atoms with Crippen molar-refractivity contribution in [3.8, 4) is 11.5 Å². The van der Waals surface area contributed by atoms with E-state index < -0.39 is 5.91 Å². The molecule has 1 amide bonds. The number of para-hydroxylation sites is 3. The fourth-order valence-electron chi connectivity index (χ4n) is 3.71. The second-order valence-corrected chi connectivity index (χ2v) is 7.65. The SMILES string of the molecule is COC(=O)c1cccc(Cn2cc(C=NNC(=O)COc3ccccc3OC)c3ccccc32)c1. The maximum absolute atomic E-state index is 12.2. The molecule has 0 aliphatic carbocycles. The monoisotopic (exact) mass is 471 g/mol. The molecular formula is C27H25N3O5. The number of nitrogens with zero attached hydrogens (tertiary/aromatic N) is 2. The van der Waals surface area contributed by atoms with Crippen LogP contribution >= 0.6 is 0 Å². The number of fused-ring (bicyclic) bond motifs is 1. The van der Waals surface area contributed by atoms with Gasteiger partial charge in [-0.05, 0) is 35.9 Å². The summed E-state index contributed by atoms with van der Waals surface area (Å²) in [7, 11) is 2.91. The smallest absolute Gasteiger partial charge is 0.337 e. The Labute approximate surface area is 202 Å². The fraction of sp³-hybridized carbons (Fsp3) is 0.148. The van der Waals surface area contributed by atoms with Crippen molar-refractivity contribution in [1.29, 1.82) is 0 Å². The highest BCUT2D eigenvalue weighted by Gasteiger charge is 2.10. The van der Waals surface area contributed by atoms with Crippen LogP contribution < -0.4 is 14.9 Å². The van der Waals surface area contributed by atoms with Crippen molar-refractivity contribution in [3.63, 3.8) is 0 Å². The molecule has 0 aliphatic heterocycles. The van der Waals surface area contributed by atoms with Crippen molar-refractivity contribution in [2.45, 2.75) is 6.54 Å². The van der Waals surface area contributed by atoms with E-state index in [0.29, 0.717) is 23.6 Å². The van der Waals surface area contributed by atoms with Gasteiger partial charge in [0.05, 0.1) is 26.0 Å². The van der Waals surface area contributed by atoms with Gasteiger partial charge in [-0.15, -0.1) is 0 Å². The number of hydrogen-bond acceptors (Lipinski definition) is 6. The summed E-state index contributed by atoms with van der Waals surface area (Å²) in [5.74, 6) is 0.264. The van der Waals surface area contributed by atoms with E-state index in [1.165, 1.54) is 7.11 Å². The molecule has 0 spiro atoms. The molecular weight excluding hydrogens is 446 g/mol. The van der Waals surface area contributed by atoms with Crippen molar-refractivity contribution in [1.82, 2.24) is 9.99 Å². The van der Waals surface area contributed by atoms with Crippen molar-refractivity contribution in [2.75, 3.05) is 20.8 Å². The number of carbonyl (C=O) groups is 2. The highest BCUT2D eigenvalue weighted by Crippen LogP contribution is 2.25. The lowest BCUT2D eigenvalue weighted by molar-refractivity contribution is -0.123. The Hall–Kier alpha value is -4.59. The lowest BCUT2D eigenvalue weighted by atomic mass is 10.1. The summed E-state index contributed by atoms with van der Waals surface area (Å²) in [6.45, 7) is 0.355. The van der Waals surface area contributed by atoms with Crippen LogP contribution in [0.3, 0.4) is 0 Å². The maximum Gasteiger partial charge on any atom is 0.337 e. The van der Waals surface area contributed by atoms with Gasteiger partial charge in [-0.25, -0.2) is 10.2 Å². The van der Waals surface area contributed by atoms with Crippen molar-refractivity contribution >= 4 is 29.0 Å². The highest BCUT2D eigenvalue weighted by molar-refractivity contribution is 5.99. The number of carbonyl (C=O) groups excluding carboxylic acids is 2. The van der Waals surface area contributed by atoms with Gasteiger partial charge in [0, 0.05) is 29.2 Å². The number of rotatable bonds is 9.